The lowest BCUT2D eigenvalue weighted by Gasteiger charge is -2.15. The van der Waals surface area contributed by atoms with Crippen LogP contribution in [-0.2, 0) is 6.42 Å². The van der Waals surface area contributed by atoms with Gasteiger partial charge in [-0.05, 0) is 59.5 Å². The molecule has 0 radical (unpaired) electrons. The number of aromatic nitrogens is 1. The lowest BCUT2D eigenvalue weighted by molar-refractivity contribution is 0.0939. The number of benzene rings is 1. The Balaban J connectivity index is 1.98. The number of aryl methyl sites for hydroxylation is 1. The third-order valence-electron chi connectivity index (χ3n) is 3.15. The highest BCUT2D eigenvalue weighted by Crippen LogP contribution is 2.10. The molecule has 0 aliphatic heterocycles. The van der Waals surface area contributed by atoms with E-state index in [2.05, 4.69) is 45.3 Å². The number of nitrogens with one attached hydrogen (secondary N) is 1. The Morgan fingerprint density at radius 2 is 2.05 bits per heavy atom. The fraction of sp³-hybridized carbons (Fsp3) is 0.250. The van der Waals surface area contributed by atoms with E-state index in [9.17, 15) is 4.79 Å². The Morgan fingerprint density at radius 1 is 1.30 bits per heavy atom. The summed E-state index contributed by atoms with van der Waals surface area (Å²) in [5.41, 5.74) is 3.08. The molecule has 0 aliphatic rings. The molecule has 104 valence electrons. The van der Waals surface area contributed by atoms with E-state index in [-0.39, 0.29) is 11.9 Å². The van der Waals surface area contributed by atoms with Gasteiger partial charge in [0.25, 0.3) is 5.91 Å². The molecule has 2 rings (SSSR count). The van der Waals surface area contributed by atoms with Crippen LogP contribution in [0.5, 0.6) is 0 Å². The van der Waals surface area contributed by atoms with Crippen molar-refractivity contribution >= 4 is 21.8 Å². The summed E-state index contributed by atoms with van der Waals surface area (Å²) in [6.07, 6.45) is 2.39. The molecule has 0 saturated carbocycles. The monoisotopic (exact) mass is 332 g/mol. The largest absolute Gasteiger partial charge is 0.349 e. The molecule has 1 atom stereocenters. The fourth-order valence-corrected chi connectivity index (χ4v) is 2.27. The van der Waals surface area contributed by atoms with E-state index in [0.717, 1.165) is 11.0 Å². The molecular formula is C16H17BrN2O. The molecule has 0 saturated heterocycles. The van der Waals surface area contributed by atoms with Gasteiger partial charge in [0.2, 0.25) is 0 Å². The van der Waals surface area contributed by atoms with Crippen LogP contribution in [0.2, 0.25) is 0 Å². The Kier molecular flexibility index (Phi) is 4.90. The number of halogens is 1. The topological polar surface area (TPSA) is 42.0 Å². The summed E-state index contributed by atoms with van der Waals surface area (Å²) in [5.74, 6) is -0.0916. The van der Waals surface area contributed by atoms with Crippen LogP contribution in [0.4, 0.5) is 0 Å². The molecule has 1 N–H and O–H groups in total. The van der Waals surface area contributed by atoms with Gasteiger partial charge in [-0.1, -0.05) is 24.3 Å². The molecule has 4 heteroatoms. The second-order valence-corrected chi connectivity index (χ2v) is 5.69. The van der Waals surface area contributed by atoms with Crippen molar-refractivity contribution < 1.29 is 4.79 Å². The van der Waals surface area contributed by atoms with Crippen LogP contribution >= 0.6 is 15.9 Å². The summed E-state index contributed by atoms with van der Waals surface area (Å²) in [5, 5.41) is 3.00. The van der Waals surface area contributed by atoms with Crippen molar-refractivity contribution in [3.05, 3.63) is 63.9 Å². The zero-order valence-corrected chi connectivity index (χ0v) is 13.1. The van der Waals surface area contributed by atoms with Crippen LogP contribution in [0.15, 0.2) is 47.2 Å². The molecule has 2 aromatic rings. The first-order valence-electron chi connectivity index (χ1n) is 6.53. The van der Waals surface area contributed by atoms with Gasteiger partial charge in [0, 0.05) is 12.2 Å². The van der Waals surface area contributed by atoms with E-state index in [0.29, 0.717) is 5.56 Å². The summed E-state index contributed by atoms with van der Waals surface area (Å²) in [6, 6.07) is 11.8. The number of amides is 1. The molecule has 3 nitrogen and oxygen atoms in total. The Labute approximate surface area is 127 Å². The Morgan fingerprint density at radius 3 is 2.70 bits per heavy atom. The van der Waals surface area contributed by atoms with Gasteiger partial charge in [-0.3, -0.25) is 4.79 Å². The lowest BCUT2D eigenvalue weighted by atomic mass is 10.0. The number of nitrogens with zero attached hydrogens (tertiary/aromatic N) is 1. The van der Waals surface area contributed by atoms with E-state index in [1.807, 2.05) is 19.1 Å². The molecule has 1 aromatic carbocycles. The third-order valence-corrected chi connectivity index (χ3v) is 3.62. The number of rotatable bonds is 4. The van der Waals surface area contributed by atoms with Crippen LogP contribution in [-0.4, -0.2) is 16.9 Å². The fourth-order valence-electron chi connectivity index (χ4n) is 2.04. The maximum Gasteiger partial charge on any atom is 0.253 e. The Bertz CT molecular complexity index is 596. The predicted molar refractivity (Wildman–Crippen MR) is 83.7 cm³/mol. The number of hydrogen-bond acceptors (Lipinski definition) is 2. The first-order valence-corrected chi connectivity index (χ1v) is 7.32. The van der Waals surface area contributed by atoms with Crippen molar-refractivity contribution in [3.63, 3.8) is 0 Å². The zero-order valence-electron chi connectivity index (χ0n) is 11.6. The van der Waals surface area contributed by atoms with Crippen LogP contribution in [0, 0.1) is 6.92 Å². The van der Waals surface area contributed by atoms with Gasteiger partial charge in [0.1, 0.15) is 4.60 Å². The molecule has 0 aliphatic carbocycles. The highest BCUT2D eigenvalue weighted by molar-refractivity contribution is 9.10. The predicted octanol–water partition coefficient (Wildman–Crippen LogP) is 3.51. The van der Waals surface area contributed by atoms with Gasteiger partial charge in [0.15, 0.2) is 0 Å². The van der Waals surface area contributed by atoms with Crippen LogP contribution in [0.25, 0.3) is 0 Å². The maximum absolute atomic E-state index is 12.1. The molecule has 1 amide bonds. The quantitative estimate of drug-likeness (QED) is 0.870. The van der Waals surface area contributed by atoms with E-state index in [1.54, 1.807) is 18.3 Å². The van der Waals surface area contributed by atoms with Crippen molar-refractivity contribution in [3.8, 4) is 0 Å². The van der Waals surface area contributed by atoms with Gasteiger partial charge in [-0.25, -0.2) is 4.98 Å². The minimum Gasteiger partial charge on any atom is -0.349 e. The van der Waals surface area contributed by atoms with Gasteiger partial charge in [-0.15, -0.1) is 0 Å². The molecule has 20 heavy (non-hydrogen) atoms. The Hall–Kier alpha value is -1.68. The first-order chi connectivity index (χ1) is 9.56. The van der Waals surface area contributed by atoms with Crippen molar-refractivity contribution in [1.29, 1.82) is 0 Å². The van der Waals surface area contributed by atoms with Crippen LogP contribution in [0.1, 0.15) is 28.4 Å². The minimum atomic E-state index is -0.0916. The van der Waals surface area contributed by atoms with E-state index >= 15 is 0 Å². The van der Waals surface area contributed by atoms with Gasteiger partial charge in [0.05, 0.1) is 5.56 Å². The molecule has 0 bridgehead atoms. The van der Waals surface area contributed by atoms with Gasteiger partial charge >= 0.3 is 0 Å². The summed E-state index contributed by atoms with van der Waals surface area (Å²) < 4.78 is 0.724. The molecular weight excluding hydrogens is 316 g/mol. The normalized spacial score (nSPS) is 11.9. The molecule has 1 heterocycles. The van der Waals surface area contributed by atoms with Crippen molar-refractivity contribution in [1.82, 2.24) is 10.3 Å². The highest BCUT2D eigenvalue weighted by atomic mass is 79.9. The second kappa shape index (κ2) is 6.66. The summed E-state index contributed by atoms with van der Waals surface area (Å²) >= 11 is 3.25. The smallest absolute Gasteiger partial charge is 0.253 e. The first kappa shape index (κ1) is 14.7. The SMILES string of the molecule is Cc1ccccc1CC(C)NC(=O)c1ccc(Br)nc1. The minimum absolute atomic E-state index is 0.0762. The lowest BCUT2D eigenvalue weighted by Crippen LogP contribution is -2.34. The summed E-state index contributed by atoms with van der Waals surface area (Å²) in [4.78, 5) is 16.1. The average Bonchev–Trinajstić information content (AvgIpc) is 2.42. The number of carbonyl (C=O) groups excluding carboxylic acids is 1. The van der Waals surface area contributed by atoms with Crippen molar-refractivity contribution in [2.45, 2.75) is 26.3 Å². The molecule has 1 unspecified atom stereocenters. The van der Waals surface area contributed by atoms with E-state index in [1.165, 1.54) is 11.1 Å². The summed E-state index contributed by atoms with van der Waals surface area (Å²) in [6.45, 7) is 4.10. The molecule has 0 fully saturated rings. The van der Waals surface area contributed by atoms with E-state index < -0.39 is 0 Å². The number of hydrogen-bond donors (Lipinski definition) is 1. The van der Waals surface area contributed by atoms with Crippen molar-refractivity contribution in [2.24, 2.45) is 0 Å². The van der Waals surface area contributed by atoms with Crippen LogP contribution < -0.4 is 5.32 Å². The average molecular weight is 333 g/mol. The summed E-state index contributed by atoms with van der Waals surface area (Å²) in [7, 11) is 0. The van der Waals surface area contributed by atoms with Gasteiger partial charge < -0.3 is 5.32 Å². The van der Waals surface area contributed by atoms with Crippen molar-refractivity contribution in [2.75, 3.05) is 0 Å². The standard InChI is InChI=1S/C16H17BrN2O/c1-11-5-3-4-6-13(11)9-12(2)19-16(20)14-7-8-15(17)18-10-14/h3-8,10,12H,9H2,1-2H3,(H,19,20). The number of pyridine rings is 1. The second-order valence-electron chi connectivity index (χ2n) is 4.87. The molecule has 1 aromatic heterocycles. The number of carbonyl (C=O) groups is 1. The van der Waals surface area contributed by atoms with E-state index in [4.69, 9.17) is 0 Å². The van der Waals surface area contributed by atoms with Gasteiger partial charge in [-0.2, -0.15) is 0 Å². The highest BCUT2D eigenvalue weighted by Gasteiger charge is 2.11. The zero-order chi connectivity index (χ0) is 14.5. The maximum atomic E-state index is 12.1. The molecule has 0 spiro atoms. The van der Waals surface area contributed by atoms with Crippen LogP contribution in [0.3, 0.4) is 0 Å². The third kappa shape index (κ3) is 3.90.